The number of carbonyl (C=O) groups is 2. The second kappa shape index (κ2) is 10.4. The lowest BCUT2D eigenvalue weighted by Gasteiger charge is -2.21. The van der Waals surface area contributed by atoms with Crippen molar-refractivity contribution in [3.8, 4) is 5.69 Å². The van der Waals surface area contributed by atoms with Crippen LogP contribution in [0.4, 0.5) is 0 Å². The number of carbonyl (C=O) groups excluding carboxylic acids is 2. The molecule has 1 heterocycles. The average Bonchev–Trinajstić information content (AvgIpc) is 3.40. The molecule has 0 fully saturated rings. The molecular weight excluding hydrogens is 412 g/mol. The summed E-state index contributed by atoms with van der Waals surface area (Å²) in [5.41, 5.74) is 3.44. The van der Waals surface area contributed by atoms with Gasteiger partial charge in [0.1, 0.15) is 0 Å². The Morgan fingerprint density at radius 1 is 0.848 bits per heavy atom. The van der Waals surface area contributed by atoms with E-state index in [-0.39, 0.29) is 24.3 Å². The molecule has 2 amide bonds. The summed E-state index contributed by atoms with van der Waals surface area (Å²) < 4.78 is 1.92. The van der Waals surface area contributed by atoms with Gasteiger partial charge in [0.05, 0.1) is 24.8 Å². The van der Waals surface area contributed by atoms with Crippen molar-refractivity contribution in [2.75, 3.05) is 0 Å². The van der Waals surface area contributed by atoms with Gasteiger partial charge in [0.25, 0.3) is 5.91 Å². The van der Waals surface area contributed by atoms with Crippen LogP contribution in [0.25, 0.3) is 5.69 Å². The van der Waals surface area contributed by atoms with E-state index in [4.69, 9.17) is 0 Å². The molecule has 4 rings (SSSR count). The predicted octanol–water partition coefficient (Wildman–Crippen LogP) is 4.61. The molecule has 0 aliphatic carbocycles. The molecule has 3 aromatic carbocycles. The minimum atomic E-state index is -0.435. The van der Waals surface area contributed by atoms with E-state index in [1.165, 1.54) is 0 Å². The summed E-state index contributed by atoms with van der Waals surface area (Å²) in [6, 6.07) is 25.9. The van der Waals surface area contributed by atoms with Crippen molar-refractivity contribution in [1.29, 1.82) is 0 Å². The predicted molar refractivity (Wildman–Crippen MR) is 128 cm³/mol. The number of nitrogens with zero attached hydrogens (tertiary/aromatic N) is 2. The zero-order chi connectivity index (χ0) is 23.0. The van der Waals surface area contributed by atoms with Gasteiger partial charge in [-0.25, -0.2) is 4.98 Å². The first-order chi connectivity index (χ1) is 16.1. The highest BCUT2D eigenvalue weighted by Crippen LogP contribution is 2.20. The van der Waals surface area contributed by atoms with Gasteiger partial charge in [-0.15, -0.1) is 0 Å². The first-order valence-corrected chi connectivity index (χ1v) is 10.9. The smallest absolute Gasteiger partial charge is 0.251 e. The van der Waals surface area contributed by atoms with Gasteiger partial charge in [0.15, 0.2) is 0 Å². The summed E-state index contributed by atoms with van der Waals surface area (Å²) in [6.07, 6.45) is 5.50. The Morgan fingerprint density at radius 2 is 1.52 bits per heavy atom. The van der Waals surface area contributed by atoms with Crippen molar-refractivity contribution in [3.63, 3.8) is 0 Å². The van der Waals surface area contributed by atoms with Crippen LogP contribution in [0.3, 0.4) is 0 Å². The number of hydrogen-bond acceptors (Lipinski definition) is 3. The highest BCUT2D eigenvalue weighted by molar-refractivity contribution is 5.94. The van der Waals surface area contributed by atoms with E-state index in [0.29, 0.717) is 5.56 Å². The van der Waals surface area contributed by atoms with Crippen molar-refractivity contribution < 1.29 is 9.59 Å². The third kappa shape index (κ3) is 5.74. The van der Waals surface area contributed by atoms with Gasteiger partial charge in [-0.2, -0.15) is 0 Å². The minimum Gasteiger partial charge on any atom is -0.350 e. The summed E-state index contributed by atoms with van der Waals surface area (Å²) in [7, 11) is 0. The summed E-state index contributed by atoms with van der Waals surface area (Å²) in [5, 5.41) is 6.06. The highest BCUT2D eigenvalue weighted by atomic mass is 16.2. The van der Waals surface area contributed by atoms with Crippen molar-refractivity contribution in [1.82, 2.24) is 20.2 Å². The fraction of sp³-hybridized carbons (Fsp3) is 0.148. The Kier molecular flexibility index (Phi) is 6.95. The van der Waals surface area contributed by atoms with Crippen LogP contribution in [-0.4, -0.2) is 21.4 Å². The van der Waals surface area contributed by atoms with Crippen LogP contribution in [0.1, 0.15) is 46.9 Å². The number of aromatic nitrogens is 2. The molecule has 0 saturated heterocycles. The summed E-state index contributed by atoms with van der Waals surface area (Å²) in [5.74, 6) is -0.344. The van der Waals surface area contributed by atoms with Gasteiger partial charge in [-0.1, -0.05) is 60.7 Å². The second-order valence-electron chi connectivity index (χ2n) is 7.86. The molecule has 1 aromatic heterocycles. The molecule has 4 aromatic rings. The second-order valence-corrected chi connectivity index (χ2v) is 7.86. The summed E-state index contributed by atoms with van der Waals surface area (Å²) in [6.45, 7) is 1.95. The van der Waals surface area contributed by atoms with E-state index >= 15 is 0 Å². The van der Waals surface area contributed by atoms with Gasteiger partial charge >= 0.3 is 0 Å². The maximum absolute atomic E-state index is 12.9. The SMILES string of the molecule is CC(NC(=O)CC(NC(=O)c1ccccc1)c1ccccc1)c1ccc(-n2ccnc2)cc1. The van der Waals surface area contributed by atoms with E-state index in [1.54, 1.807) is 24.7 Å². The molecule has 0 aliphatic rings. The summed E-state index contributed by atoms with van der Waals surface area (Å²) in [4.78, 5) is 29.7. The molecule has 0 spiro atoms. The lowest BCUT2D eigenvalue weighted by Crippen LogP contribution is -2.34. The number of imidazole rings is 1. The monoisotopic (exact) mass is 438 g/mol. The Balaban J connectivity index is 1.42. The summed E-state index contributed by atoms with van der Waals surface area (Å²) >= 11 is 0. The molecule has 0 radical (unpaired) electrons. The third-order valence-electron chi connectivity index (χ3n) is 5.51. The van der Waals surface area contributed by atoms with Crippen LogP contribution < -0.4 is 10.6 Å². The zero-order valence-electron chi connectivity index (χ0n) is 18.4. The average molecular weight is 439 g/mol. The van der Waals surface area contributed by atoms with Gasteiger partial charge in [0, 0.05) is 23.6 Å². The Bertz CT molecular complexity index is 1170. The van der Waals surface area contributed by atoms with Crippen molar-refractivity contribution in [3.05, 3.63) is 120 Å². The van der Waals surface area contributed by atoms with Gasteiger partial charge in [0.2, 0.25) is 5.91 Å². The van der Waals surface area contributed by atoms with Gasteiger partial charge < -0.3 is 15.2 Å². The molecule has 33 heavy (non-hydrogen) atoms. The molecular formula is C27H26N4O2. The first kappa shape index (κ1) is 22.0. The Labute approximate surface area is 193 Å². The Morgan fingerprint density at radius 3 is 2.15 bits per heavy atom. The molecule has 166 valence electrons. The molecule has 2 N–H and O–H groups in total. The van der Waals surface area contributed by atoms with Gasteiger partial charge in [-0.05, 0) is 42.3 Å². The highest BCUT2D eigenvalue weighted by Gasteiger charge is 2.20. The van der Waals surface area contributed by atoms with Crippen LogP contribution in [0.5, 0.6) is 0 Å². The molecule has 2 unspecified atom stereocenters. The van der Waals surface area contributed by atoms with E-state index in [1.807, 2.05) is 90.5 Å². The lowest BCUT2D eigenvalue weighted by molar-refractivity contribution is -0.122. The number of amides is 2. The number of benzene rings is 3. The zero-order valence-corrected chi connectivity index (χ0v) is 18.4. The fourth-order valence-electron chi connectivity index (χ4n) is 3.68. The van der Waals surface area contributed by atoms with Crippen LogP contribution in [-0.2, 0) is 4.79 Å². The number of rotatable bonds is 8. The van der Waals surface area contributed by atoms with Gasteiger partial charge in [-0.3, -0.25) is 9.59 Å². The van der Waals surface area contributed by atoms with E-state index in [0.717, 1.165) is 16.8 Å². The number of hydrogen-bond donors (Lipinski definition) is 2. The van der Waals surface area contributed by atoms with Crippen molar-refractivity contribution in [2.24, 2.45) is 0 Å². The molecule has 0 bridgehead atoms. The van der Waals surface area contributed by atoms with E-state index < -0.39 is 6.04 Å². The molecule has 2 atom stereocenters. The molecule has 0 saturated carbocycles. The van der Waals surface area contributed by atoms with Crippen LogP contribution in [0.2, 0.25) is 0 Å². The van der Waals surface area contributed by atoms with E-state index in [2.05, 4.69) is 15.6 Å². The maximum atomic E-state index is 12.9. The molecule has 6 heteroatoms. The fourth-order valence-corrected chi connectivity index (χ4v) is 3.68. The molecule has 6 nitrogen and oxygen atoms in total. The minimum absolute atomic E-state index is 0.136. The Hall–Kier alpha value is -4.19. The standard InChI is InChI=1S/C27H26N4O2/c1-20(21-12-14-24(15-13-21)31-17-16-28-19-31)29-26(32)18-25(22-8-4-2-5-9-22)30-27(33)23-10-6-3-7-11-23/h2-17,19-20,25H,18H2,1H3,(H,29,32)(H,30,33). The normalized spacial score (nSPS) is 12.5. The third-order valence-corrected chi connectivity index (χ3v) is 5.51. The topological polar surface area (TPSA) is 76.0 Å². The van der Waals surface area contributed by atoms with Crippen LogP contribution in [0.15, 0.2) is 104 Å². The van der Waals surface area contributed by atoms with Crippen LogP contribution in [0, 0.1) is 0 Å². The molecule has 0 aliphatic heterocycles. The largest absolute Gasteiger partial charge is 0.350 e. The maximum Gasteiger partial charge on any atom is 0.251 e. The van der Waals surface area contributed by atoms with E-state index in [9.17, 15) is 9.59 Å². The number of nitrogens with one attached hydrogen (secondary N) is 2. The van der Waals surface area contributed by atoms with Crippen LogP contribution >= 0.6 is 0 Å². The van der Waals surface area contributed by atoms with Crippen molar-refractivity contribution in [2.45, 2.75) is 25.4 Å². The first-order valence-electron chi connectivity index (χ1n) is 10.9. The van der Waals surface area contributed by atoms with Crippen molar-refractivity contribution >= 4 is 11.8 Å². The lowest BCUT2D eigenvalue weighted by atomic mass is 10.0. The quantitative estimate of drug-likeness (QED) is 0.422.